The van der Waals surface area contributed by atoms with Crippen molar-refractivity contribution in [2.45, 2.75) is 45.0 Å². The van der Waals surface area contributed by atoms with E-state index in [2.05, 4.69) is 10.4 Å². The Kier molecular flexibility index (Phi) is 6.98. The van der Waals surface area contributed by atoms with Crippen LogP contribution in [-0.4, -0.2) is 20.3 Å². The molecule has 0 radical (unpaired) electrons. The van der Waals surface area contributed by atoms with E-state index in [4.69, 9.17) is 4.74 Å². The van der Waals surface area contributed by atoms with Gasteiger partial charge in [-0.25, -0.2) is 9.18 Å². The quantitative estimate of drug-likeness (QED) is 0.308. The van der Waals surface area contributed by atoms with E-state index >= 15 is 4.39 Å². The summed E-state index contributed by atoms with van der Waals surface area (Å²) in [7, 11) is 0. The molecule has 1 amide bonds. The Balaban J connectivity index is 1.55. The summed E-state index contributed by atoms with van der Waals surface area (Å²) in [6.45, 7) is 2.20. The lowest BCUT2D eigenvalue weighted by Crippen LogP contribution is -2.27. The second kappa shape index (κ2) is 10.4. The molecule has 0 saturated heterocycles. The highest BCUT2D eigenvalue weighted by Gasteiger charge is 2.31. The molecule has 0 aliphatic carbocycles. The topological polar surface area (TPSA) is 78.2 Å². The lowest BCUT2D eigenvalue weighted by atomic mass is 10.1. The normalized spacial score (nSPS) is 14.0. The largest absolute Gasteiger partial charge is 0.485 e. The molecule has 0 bridgehead atoms. The fraction of sp³-hybridized carbons (Fsp3) is 0.250. The molecule has 4 aromatic rings. The summed E-state index contributed by atoms with van der Waals surface area (Å²) in [5.74, 6) is -1.32. The van der Waals surface area contributed by atoms with Gasteiger partial charge in [-0.15, -0.1) is 5.10 Å². The van der Waals surface area contributed by atoms with E-state index in [9.17, 15) is 22.8 Å². The van der Waals surface area contributed by atoms with Gasteiger partial charge in [-0.05, 0) is 49.6 Å². The summed E-state index contributed by atoms with van der Waals surface area (Å²) in [4.78, 5) is 26.2. The molecule has 1 atom stereocenters. The van der Waals surface area contributed by atoms with Crippen molar-refractivity contribution in [2.24, 2.45) is 0 Å². The third-order valence-electron chi connectivity index (χ3n) is 6.51. The minimum absolute atomic E-state index is 0.0647. The van der Waals surface area contributed by atoms with Crippen molar-refractivity contribution in [3.63, 3.8) is 0 Å². The summed E-state index contributed by atoms with van der Waals surface area (Å²) in [6, 6.07) is 15.3. The first-order chi connectivity index (χ1) is 18.6. The Hall–Kier alpha value is -4.41. The maximum absolute atomic E-state index is 15.4. The lowest BCUT2D eigenvalue weighted by molar-refractivity contribution is -0.137. The van der Waals surface area contributed by atoms with E-state index in [1.165, 1.54) is 16.7 Å². The molecule has 11 heteroatoms. The monoisotopic (exact) mass is 540 g/mol. The van der Waals surface area contributed by atoms with E-state index < -0.39 is 35.3 Å². The van der Waals surface area contributed by atoms with Crippen molar-refractivity contribution in [1.82, 2.24) is 14.3 Å². The molecule has 0 saturated carbocycles. The van der Waals surface area contributed by atoms with Crippen LogP contribution >= 0.6 is 0 Å². The maximum atomic E-state index is 15.4. The zero-order valence-corrected chi connectivity index (χ0v) is 20.8. The predicted molar refractivity (Wildman–Crippen MR) is 136 cm³/mol. The van der Waals surface area contributed by atoms with E-state index in [0.29, 0.717) is 18.8 Å². The number of aryl methyl sites for hydroxylation is 1. The Bertz CT molecular complexity index is 1580. The van der Waals surface area contributed by atoms with Crippen LogP contribution < -0.4 is 15.7 Å². The number of aromatic nitrogens is 3. The molecule has 39 heavy (non-hydrogen) atoms. The summed E-state index contributed by atoms with van der Waals surface area (Å²) in [6.07, 6.45) is -2.95. The van der Waals surface area contributed by atoms with Gasteiger partial charge < -0.3 is 10.1 Å². The number of fused-ring (bicyclic) bond motifs is 1. The van der Waals surface area contributed by atoms with E-state index in [-0.39, 0.29) is 22.7 Å². The molecule has 3 aromatic carbocycles. The molecular weight excluding hydrogens is 516 g/mol. The number of halogens is 4. The first-order valence-electron chi connectivity index (χ1n) is 12.3. The number of hydrogen-bond donors (Lipinski definition) is 1. The minimum atomic E-state index is -4.61. The van der Waals surface area contributed by atoms with Crippen LogP contribution in [0.4, 0.5) is 23.2 Å². The first kappa shape index (κ1) is 26.2. The number of anilines is 1. The van der Waals surface area contributed by atoms with Gasteiger partial charge in [0.1, 0.15) is 29.2 Å². The van der Waals surface area contributed by atoms with Crippen LogP contribution in [0.3, 0.4) is 0 Å². The molecule has 5 rings (SSSR count). The number of rotatable bonds is 6. The minimum Gasteiger partial charge on any atom is -0.485 e. The average Bonchev–Trinajstić information content (AvgIpc) is 3.25. The van der Waals surface area contributed by atoms with Gasteiger partial charge in [0.05, 0.1) is 11.1 Å². The Morgan fingerprint density at radius 1 is 1.05 bits per heavy atom. The molecule has 7 nitrogen and oxygen atoms in total. The van der Waals surface area contributed by atoms with E-state index in [0.717, 1.165) is 47.4 Å². The number of carbonyl (C=O) groups excluding carboxylic acids is 1. The first-order valence-corrected chi connectivity index (χ1v) is 12.3. The van der Waals surface area contributed by atoms with Gasteiger partial charge in [0.25, 0.3) is 5.91 Å². The summed E-state index contributed by atoms with van der Waals surface area (Å²) >= 11 is 0. The second-order valence-electron chi connectivity index (χ2n) is 9.22. The smallest absolute Gasteiger partial charge is 0.416 e. The molecule has 1 unspecified atom stereocenters. The van der Waals surface area contributed by atoms with Crippen molar-refractivity contribution in [3.8, 4) is 11.4 Å². The van der Waals surface area contributed by atoms with E-state index in [1.807, 2.05) is 30.3 Å². The van der Waals surface area contributed by atoms with Crippen molar-refractivity contribution in [2.75, 3.05) is 5.32 Å². The number of nitrogens with one attached hydrogen (secondary N) is 1. The van der Waals surface area contributed by atoms with Gasteiger partial charge >= 0.3 is 11.9 Å². The Labute approximate surface area is 220 Å². The van der Waals surface area contributed by atoms with Crippen LogP contribution in [0.15, 0.2) is 71.5 Å². The predicted octanol–water partition coefficient (Wildman–Crippen LogP) is 5.92. The fourth-order valence-electron chi connectivity index (χ4n) is 4.49. The van der Waals surface area contributed by atoms with Crippen LogP contribution in [0.1, 0.15) is 53.2 Å². The van der Waals surface area contributed by atoms with Gasteiger partial charge in [0.2, 0.25) is 0 Å². The number of hydrogen-bond acceptors (Lipinski definition) is 4. The molecular formula is C28H24F4N4O3. The molecule has 202 valence electrons. The molecule has 0 fully saturated rings. The third kappa shape index (κ3) is 5.43. The van der Waals surface area contributed by atoms with E-state index in [1.54, 1.807) is 6.92 Å². The second-order valence-corrected chi connectivity index (χ2v) is 9.22. The SMILES string of the molecule is CC(Oc1cc(-n2nc3n(c2=O)CCCC3)c(F)cc1C(=O)Nc1cccc(C(F)(F)F)c1)c1ccccc1. The van der Waals surface area contributed by atoms with Crippen LogP contribution in [-0.2, 0) is 19.1 Å². The highest BCUT2D eigenvalue weighted by Crippen LogP contribution is 2.33. The lowest BCUT2D eigenvalue weighted by Gasteiger charge is -2.19. The molecule has 1 aliphatic rings. The number of benzene rings is 3. The molecule has 1 aliphatic heterocycles. The van der Waals surface area contributed by atoms with Crippen molar-refractivity contribution >= 4 is 11.6 Å². The summed E-state index contributed by atoms with van der Waals surface area (Å²) in [5.41, 5.74) is -1.27. The number of ether oxygens (including phenoxy) is 1. The van der Waals surface area contributed by atoms with Crippen molar-refractivity contribution < 1.29 is 27.1 Å². The maximum Gasteiger partial charge on any atom is 0.416 e. The van der Waals surface area contributed by atoms with Crippen molar-refractivity contribution in [3.05, 3.63) is 106 Å². The van der Waals surface area contributed by atoms with Gasteiger partial charge in [-0.3, -0.25) is 9.36 Å². The zero-order chi connectivity index (χ0) is 27.7. The average molecular weight is 541 g/mol. The van der Waals surface area contributed by atoms with Gasteiger partial charge in [0, 0.05) is 24.7 Å². The molecule has 2 heterocycles. The van der Waals surface area contributed by atoms with Crippen LogP contribution in [0.25, 0.3) is 5.69 Å². The number of nitrogens with zero attached hydrogens (tertiary/aromatic N) is 3. The highest BCUT2D eigenvalue weighted by molar-refractivity contribution is 6.06. The Morgan fingerprint density at radius 3 is 2.54 bits per heavy atom. The van der Waals surface area contributed by atoms with Gasteiger partial charge in [-0.2, -0.15) is 17.9 Å². The molecule has 1 aromatic heterocycles. The molecule has 0 spiro atoms. The highest BCUT2D eigenvalue weighted by atomic mass is 19.4. The summed E-state index contributed by atoms with van der Waals surface area (Å²) < 4.78 is 63.4. The van der Waals surface area contributed by atoms with Gasteiger partial charge in [0.15, 0.2) is 0 Å². The Morgan fingerprint density at radius 2 is 1.82 bits per heavy atom. The number of carbonyl (C=O) groups is 1. The van der Waals surface area contributed by atoms with Crippen molar-refractivity contribution in [1.29, 1.82) is 0 Å². The molecule has 1 N–H and O–H groups in total. The van der Waals surface area contributed by atoms with Crippen LogP contribution in [0.5, 0.6) is 5.75 Å². The van der Waals surface area contributed by atoms with Crippen LogP contribution in [0, 0.1) is 5.82 Å². The standard InChI is InChI=1S/C28H24F4N4O3/c1-17(18-8-3-2-4-9-18)39-24-16-23(36-27(38)35-13-6-5-12-25(35)34-36)22(29)15-21(24)26(37)33-20-11-7-10-19(14-20)28(30,31)32/h2-4,7-11,14-17H,5-6,12-13H2,1H3,(H,33,37). The third-order valence-corrected chi connectivity index (χ3v) is 6.51. The zero-order valence-electron chi connectivity index (χ0n) is 20.8. The van der Waals surface area contributed by atoms with Gasteiger partial charge in [-0.1, -0.05) is 36.4 Å². The fourth-order valence-corrected chi connectivity index (χ4v) is 4.49. The number of alkyl halides is 3. The number of amides is 1. The summed E-state index contributed by atoms with van der Waals surface area (Å²) in [5, 5.41) is 6.69. The van der Waals surface area contributed by atoms with Crippen LogP contribution in [0.2, 0.25) is 0 Å².